The van der Waals surface area contributed by atoms with E-state index in [4.69, 9.17) is 23.2 Å². The van der Waals surface area contributed by atoms with Crippen LogP contribution in [-0.2, 0) is 11.2 Å². The highest BCUT2D eigenvalue weighted by Crippen LogP contribution is 2.17. The van der Waals surface area contributed by atoms with E-state index < -0.39 is 5.24 Å². The maximum atomic E-state index is 12.5. The molecule has 0 aliphatic heterocycles. The molecule has 0 heterocycles. The summed E-state index contributed by atoms with van der Waals surface area (Å²) >= 11 is 10.8. The second kappa shape index (κ2) is 8.04. The van der Waals surface area contributed by atoms with Crippen molar-refractivity contribution in [1.82, 2.24) is 0 Å². The van der Waals surface area contributed by atoms with Gasteiger partial charge in [0.2, 0.25) is 5.24 Å². The fourth-order valence-corrected chi connectivity index (χ4v) is 2.56. The van der Waals surface area contributed by atoms with Crippen molar-refractivity contribution in [3.8, 4) is 0 Å². The van der Waals surface area contributed by atoms with Crippen LogP contribution in [0.25, 0.3) is 0 Å². The molecule has 0 bridgehead atoms. The lowest BCUT2D eigenvalue weighted by Gasteiger charge is -2.06. The highest BCUT2D eigenvalue weighted by atomic mass is 35.5. The van der Waals surface area contributed by atoms with Crippen molar-refractivity contribution < 1.29 is 14.4 Å². The van der Waals surface area contributed by atoms with E-state index in [1.54, 1.807) is 30.3 Å². The Bertz CT molecular complexity index is 736. The van der Waals surface area contributed by atoms with Crippen LogP contribution in [0.15, 0.2) is 48.5 Å². The first kappa shape index (κ1) is 17.4. The van der Waals surface area contributed by atoms with Gasteiger partial charge in [-0.3, -0.25) is 14.4 Å². The van der Waals surface area contributed by atoms with Gasteiger partial charge < -0.3 is 0 Å². The molecule has 0 N–H and O–H groups in total. The summed E-state index contributed by atoms with van der Waals surface area (Å²) in [5, 5.41) is -1.00. The fraction of sp³-hybridized carbons (Fsp3) is 0.167. The molecule has 0 amide bonds. The molecule has 0 fully saturated rings. The van der Waals surface area contributed by atoms with Crippen molar-refractivity contribution in [2.75, 3.05) is 0 Å². The minimum Gasteiger partial charge on any atom is -0.289 e. The predicted octanol–water partition coefficient (Wildman–Crippen LogP) is 4.38. The minimum atomic E-state index is -0.656. The average molecular weight is 349 g/mol. The smallest absolute Gasteiger partial charge is 0.253 e. The Kier molecular flexibility index (Phi) is 6.08. The van der Waals surface area contributed by atoms with Crippen LogP contribution >= 0.6 is 23.2 Å². The highest BCUT2D eigenvalue weighted by Gasteiger charge is 2.16. The van der Waals surface area contributed by atoms with E-state index in [-0.39, 0.29) is 22.2 Å². The largest absolute Gasteiger partial charge is 0.289 e. The van der Waals surface area contributed by atoms with Gasteiger partial charge in [-0.25, -0.2) is 0 Å². The normalized spacial score (nSPS) is 10.3. The zero-order valence-electron chi connectivity index (χ0n) is 12.2. The van der Waals surface area contributed by atoms with Crippen molar-refractivity contribution in [2.24, 2.45) is 0 Å². The number of rotatable bonds is 7. The topological polar surface area (TPSA) is 51.2 Å². The Morgan fingerprint density at radius 2 is 1.43 bits per heavy atom. The summed E-state index contributed by atoms with van der Waals surface area (Å²) in [6.45, 7) is 0. The number of hydrogen-bond donors (Lipinski definition) is 0. The summed E-state index contributed by atoms with van der Waals surface area (Å²) in [6, 6.07) is 13.5. The minimum absolute atomic E-state index is 0.198. The van der Waals surface area contributed by atoms with Crippen LogP contribution in [0.1, 0.15) is 44.7 Å². The quantitative estimate of drug-likeness (QED) is 0.550. The number of benzene rings is 2. The number of aryl methyl sites for hydroxylation is 1. The van der Waals surface area contributed by atoms with Gasteiger partial charge in [-0.2, -0.15) is 0 Å². The van der Waals surface area contributed by atoms with Crippen LogP contribution in [0.2, 0.25) is 0 Å². The number of ketones is 1. The van der Waals surface area contributed by atoms with Crippen LogP contribution in [0.3, 0.4) is 0 Å². The highest BCUT2D eigenvalue weighted by molar-refractivity contribution is 6.68. The third-order valence-electron chi connectivity index (χ3n) is 3.44. The summed E-state index contributed by atoms with van der Waals surface area (Å²) < 4.78 is 0. The Morgan fingerprint density at radius 1 is 0.826 bits per heavy atom. The summed E-state index contributed by atoms with van der Waals surface area (Å²) in [5.74, 6) is -0.253. The molecular formula is C18H14Cl2O3. The Labute approximate surface area is 144 Å². The van der Waals surface area contributed by atoms with Crippen molar-refractivity contribution >= 4 is 39.5 Å². The average Bonchev–Trinajstić information content (AvgIpc) is 2.54. The molecule has 0 aliphatic carbocycles. The molecule has 2 aromatic rings. The van der Waals surface area contributed by atoms with Crippen LogP contribution < -0.4 is 0 Å². The third-order valence-corrected chi connectivity index (χ3v) is 3.83. The van der Waals surface area contributed by atoms with Crippen molar-refractivity contribution in [2.45, 2.75) is 19.3 Å². The maximum Gasteiger partial charge on any atom is 0.253 e. The van der Waals surface area contributed by atoms with Gasteiger partial charge >= 0.3 is 0 Å². The van der Waals surface area contributed by atoms with Crippen LogP contribution in [0.5, 0.6) is 0 Å². The lowest BCUT2D eigenvalue weighted by Crippen LogP contribution is -2.07. The van der Waals surface area contributed by atoms with Gasteiger partial charge in [0.05, 0.1) is 0 Å². The number of halogens is 2. The molecule has 0 aliphatic rings. The Hall–Kier alpha value is -1.97. The standard InChI is InChI=1S/C18H14Cl2O3/c19-16(21)7-3-4-12-8-10-13(11-9-12)17(22)14-5-1-2-6-15(14)18(20)23/h1-2,5-6,8-11H,3-4,7H2. The Morgan fingerprint density at radius 3 is 2.00 bits per heavy atom. The second-order valence-corrected chi connectivity index (χ2v) is 5.82. The second-order valence-electron chi connectivity index (χ2n) is 5.05. The van der Waals surface area contributed by atoms with Crippen LogP contribution in [0, 0.1) is 0 Å². The summed E-state index contributed by atoms with van der Waals surface area (Å²) in [7, 11) is 0. The molecule has 0 spiro atoms. The summed E-state index contributed by atoms with van der Waals surface area (Å²) in [6.07, 6.45) is 1.70. The van der Waals surface area contributed by atoms with Crippen LogP contribution in [0.4, 0.5) is 0 Å². The SMILES string of the molecule is O=C(Cl)CCCc1ccc(C(=O)c2ccccc2C(=O)Cl)cc1. The molecule has 0 unspecified atom stereocenters. The zero-order chi connectivity index (χ0) is 16.8. The fourth-order valence-electron chi connectivity index (χ4n) is 2.26. The molecule has 23 heavy (non-hydrogen) atoms. The van der Waals surface area contributed by atoms with Crippen LogP contribution in [-0.4, -0.2) is 16.3 Å². The van der Waals surface area contributed by atoms with Gasteiger partial charge in [-0.15, -0.1) is 0 Å². The van der Waals surface area contributed by atoms with Gasteiger partial charge in [-0.1, -0.05) is 42.5 Å². The van der Waals surface area contributed by atoms with E-state index in [0.29, 0.717) is 24.8 Å². The molecule has 118 valence electrons. The van der Waals surface area contributed by atoms with Gasteiger partial charge in [0, 0.05) is 23.1 Å². The van der Waals surface area contributed by atoms with Crippen molar-refractivity contribution in [3.05, 3.63) is 70.8 Å². The summed E-state index contributed by atoms with van der Waals surface area (Å²) in [5.41, 5.74) is 1.98. The molecule has 3 nitrogen and oxygen atoms in total. The van der Waals surface area contributed by atoms with Crippen molar-refractivity contribution in [3.63, 3.8) is 0 Å². The zero-order valence-corrected chi connectivity index (χ0v) is 13.7. The lowest BCUT2D eigenvalue weighted by molar-refractivity contribution is -0.111. The predicted molar refractivity (Wildman–Crippen MR) is 90.3 cm³/mol. The van der Waals surface area contributed by atoms with Gasteiger partial charge in [-0.05, 0) is 47.7 Å². The van der Waals surface area contributed by atoms with Crippen molar-refractivity contribution in [1.29, 1.82) is 0 Å². The van der Waals surface area contributed by atoms with Gasteiger partial charge in [0.15, 0.2) is 5.78 Å². The van der Waals surface area contributed by atoms with E-state index in [9.17, 15) is 14.4 Å². The van der Waals surface area contributed by atoms with E-state index in [0.717, 1.165) is 5.56 Å². The van der Waals surface area contributed by atoms with E-state index in [1.807, 2.05) is 12.1 Å². The maximum absolute atomic E-state index is 12.5. The monoisotopic (exact) mass is 348 g/mol. The van der Waals surface area contributed by atoms with E-state index in [2.05, 4.69) is 0 Å². The Balaban J connectivity index is 2.15. The first-order valence-electron chi connectivity index (χ1n) is 7.10. The molecule has 0 aromatic heterocycles. The first-order chi connectivity index (χ1) is 11.0. The van der Waals surface area contributed by atoms with Gasteiger partial charge in [0.1, 0.15) is 0 Å². The molecule has 0 saturated carbocycles. The van der Waals surface area contributed by atoms with Gasteiger partial charge in [0.25, 0.3) is 5.24 Å². The molecule has 0 radical (unpaired) electrons. The van der Waals surface area contributed by atoms with E-state index >= 15 is 0 Å². The number of carbonyl (C=O) groups is 3. The third kappa shape index (κ3) is 4.75. The molecule has 5 heteroatoms. The van der Waals surface area contributed by atoms with E-state index in [1.165, 1.54) is 6.07 Å². The molecule has 0 atom stereocenters. The molecule has 0 saturated heterocycles. The molecule has 2 aromatic carbocycles. The summed E-state index contributed by atoms with van der Waals surface area (Å²) in [4.78, 5) is 34.6. The lowest BCUT2D eigenvalue weighted by atomic mass is 9.97. The number of hydrogen-bond acceptors (Lipinski definition) is 3. The first-order valence-corrected chi connectivity index (χ1v) is 7.85. The number of carbonyl (C=O) groups excluding carboxylic acids is 3. The molecular weight excluding hydrogens is 335 g/mol. The molecule has 2 rings (SSSR count).